The maximum atomic E-state index is 10.1. The predicted molar refractivity (Wildman–Crippen MR) is 37.4 cm³/mol. The number of aliphatic carboxylic acids is 1. The van der Waals surface area contributed by atoms with Crippen molar-refractivity contribution < 1.29 is 14.7 Å². The summed E-state index contributed by atoms with van der Waals surface area (Å²) in [5.74, 6) is -1.45. The van der Waals surface area contributed by atoms with Crippen molar-refractivity contribution in [1.29, 1.82) is 0 Å². The van der Waals surface area contributed by atoms with Crippen molar-refractivity contribution in [3.05, 3.63) is 0 Å². The molecule has 0 fully saturated rings. The van der Waals surface area contributed by atoms with E-state index in [0.29, 0.717) is 0 Å². The molecule has 0 radical (unpaired) electrons. The Morgan fingerprint density at radius 2 is 2.18 bits per heavy atom. The fourth-order valence-corrected chi connectivity index (χ4v) is 0.263. The molecule has 0 heterocycles. The topological polar surface area (TPSA) is 137 Å². The molecule has 0 aromatic carbocycles. The molecule has 0 aliphatic heterocycles. The van der Waals surface area contributed by atoms with Gasteiger partial charge in [0.2, 0.25) is 5.96 Å². The Balaban J connectivity index is 3.55. The molecule has 0 aromatic heterocycles. The van der Waals surface area contributed by atoms with E-state index in [0.717, 1.165) is 0 Å². The molecule has 64 valence electrons. The Hall–Kier alpha value is -1.50. The van der Waals surface area contributed by atoms with Gasteiger partial charge in [0.15, 0.2) is 0 Å². The first-order valence-corrected chi connectivity index (χ1v) is 2.73. The number of guanidine groups is 1. The number of oxime groups is 1. The molecule has 0 unspecified atom stereocenters. The molecular formula is C4H10N4O3. The van der Waals surface area contributed by atoms with Crippen molar-refractivity contribution in [2.24, 2.45) is 22.4 Å². The van der Waals surface area contributed by atoms with E-state index in [-0.39, 0.29) is 12.6 Å². The Morgan fingerprint density at radius 3 is 2.55 bits per heavy atom. The van der Waals surface area contributed by atoms with Gasteiger partial charge in [-0.05, 0) is 5.16 Å². The zero-order chi connectivity index (χ0) is 8.85. The van der Waals surface area contributed by atoms with Crippen LogP contribution in [0.3, 0.4) is 0 Å². The molecule has 0 rings (SSSR count). The summed E-state index contributed by atoms with van der Waals surface area (Å²) in [4.78, 5) is 14.4. The van der Waals surface area contributed by atoms with Crippen LogP contribution in [0.2, 0.25) is 0 Å². The van der Waals surface area contributed by atoms with Crippen molar-refractivity contribution in [1.82, 2.24) is 0 Å². The third-order valence-electron chi connectivity index (χ3n) is 0.741. The lowest BCUT2D eigenvalue weighted by atomic mass is 10.3. The van der Waals surface area contributed by atoms with Gasteiger partial charge in [-0.25, -0.2) is 0 Å². The Morgan fingerprint density at radius 1 is 1.64 bits per heavy atom. The number of nitrogens with two attached hydrogens (primary N) is 3. The summed E-state index contributed by atoms with van der Waals surface area (Å²) in [5, 5.41) is 11.3. The van der Waals surface area contributed by atoms with Crippen LogP contribution in [0, 0.1) is 0 Å². The molecule has 7 N–H and O–H groups in total. The van der Waals surface area contributed by atoms with E-state index in [9.17, 15) is 4.79 Å². The van der Waals surface area contributed by atoms with Gasteiger partial charge in [0, 0.05) is 0 Å². The lowest BCUT2D eigenvalue weighted by Crippen LogP contribution is -2.34. The highest BCUT2D eigenvalue weighted by atomic mass is 16.6. The van der Waals surface area contributed by atoms with Crippen LogP contribution < -0.4 is 17.2 Å². The zero-order valence-corrected chi connectivity index (χ0v) is 5.73. The first-order valence-electron chi connectivity index (χ1n) is 2.73. The standard InChI is InChI=1S/C4H10N4O3/c5-2(3(9)10)1-11-8-4(6)7/h2H,1,5H2,(H,9,10)(H4,6,7,8)/t2-/m1/s1. The van der Waals surface area contributed by atoms with E-state index in [1.807, 2.05) is 0 Å². The maximum absolute atomic E-state index is 10.1. The highest BCUT2D eigenvalue weighted by Gasteiger charge is 2.11. The van der Waals surface area contributed by atoms with Crippen LogP contribution in [0.15, 0.2) is 5.16 Å². The van der Waals surface area contributed by atoms with Crippen molar-refractivity contribution in [2.45, 2.75) is 6.04 Å². The number of hydrogen-bond acceptors (Lipinski definition) is 4. The molecule has 0 amide bonds. The molecule has 0 saturated carbocycles. The number of rotatable bonds is 4. The molecule has 0 bridgehead atoms. The molecule has 0 aliphatic rings. The normalized spacial score (nSPS) is 11.7. The van der Waals surface area contributed by atoms with Crippen LogP contribution in [-0.2, 0) is 9.63 Å². The third-order valence-corrected chi connectivity index (χ3v) is 0.741. The van der Waals surface area contributed by atoms with Gasteiger partial charge in [-0.15, -0.1) is 0 Å². The molecule has 0 aromatic rings. The van der Waals surface area contributed by atoms with Gasteiger partial charge in [0.25, 0.3) is 0 Å². The zero-order valence-electron chi connectivity index (χ0n) is 5.73. The van der Waals surface area contributed by atoms with Crippen LogP contribution >= 0.6 is 0 Å². The summed E-state index contributed by atoms with van der Waals surface area (Å²) >= 11 is 0. The Kier molecular flexibility index (Phi) is 3.75. The second-order valence-electron chi connectivity index (χ2n) is 1.76. The van der Waals surface area contributed by atoms with Gasteiger partial charge in [0.05, 0.1) is 0 Å². The van der Waals surface area contributed by atoms with Crippen LogP contribution in [0.1, 0.15) is 0 Å². The quantitative estimate of drug-likeness (QED) is 0.206. The van der Waals surface area contributed by atoms with Crippen LogP contribution in [-0.4, -0.2) is 29.7 Å². The van der Waals surface area contributed by atoms with Gasteiger partial charge in [0.1, 0.15) is 12.6 Å². The van der Waals surface area contributed by atoms with Gasteiger partial charge in [-0.2, -0.15) is 0 Å². The maximum Gasteiger partial charge on any atom is 0.324 e. The van der Waals surface area contributed by atoms with E-state index in [1.54, 1.807) is 0 Å². The van der Waals surface area contributed by atoms with Gasteiger partial charge in [-0.1, -0.05) is 0 Å². The van der Waals surface area contributed by atoms with E-state index in [2.05, 4.69) is 9.99 Å². The molecule has 1 atom stereocenters. The summed E-state index contributed by atoms with van der Waals surface area (Å²) < 4.78 is 0. The number of carboxylic acid groups (broad SMARTS) is 1. The van der Waals surface area contributed by atoms with E-state index < -0.39 is 12.0 Å². The highest BCUT2D eigenvalue weighted by molar-refractivity contribution is 5.75. The first kappa shape index (κ1) is 9.50. The predicted octanol–water partition coefficient (Wildman–Crippen LogP) is -2.40. The summed E-state index contributed by atoms with van der Waals surface area (Å²) in [7, 11) is 0. The van der Waals surface area contributed by atoms with Crippen LogP contribution in [0.25, 0.3) is 0 Å². The average Bonchev–Trinajstić information content (AvgIpc) is 1.86. The Bertz CT molecular complexity index is 165. The molecule has 0 aliphatic carbocycles. The van der Waals surface area contributed by atoms with Gasteiger partial charge >= 0.3 is 5.97 Å². The Labute approximate surface area is 62.8 Å². The second kappa shape index (κ2) is 4.34. The fourth-order valence-electron chi connectivity index (χ4n) is 0.263. The molecule has 0 saturated heterocycles. The van der Waals surface area contributed by atoms with E-state index in [1.165, 1.54) is 0 Å². The third kappa shape index (κ3) is 4.97. The summed E-state index contributed by atoms with van der Waals surface area (Å²) in [6.45, 7) is -0.257. The minimum Gasteiger partial charge on any atom is -0.480 e. The SMILES string of the molecule is NC(N)=NOC[C@@H](N)C(=O)O. The lowest BCUT2D eigenvalue weighted by molar-refractivity contribution is -0.140. The van der Waals surface area contributed by atoms with Crippen molar-refractivity contribution in [3.63, 3.8) is 0 Å². The number of carboxylic acids is 1. The smallest absolute Gasteiger partial charge is 0.324 e. The number of hydrogen-bond donors (Lipinski definition) is 4. The van der Waals surface area contributed by atoms with Gasteiger partial charge < -0.3 is 27.1 Å². The summed E-state index contributed by atoms with van der Waals surface area (Å²) in [6, 6.07) is -1.11. The molecule has 7 heteroatoms. The second-order valence-corrected chi connectivity index (χ2v) is 1.76. The average molecular weight is 162 g/mol. The monoisotopic (exact) mass is 162 g/mol. The fraction of sp³-hybridized carbons (Fsp3) is 0.500. The molecule has 11 heavy (non-hydrogen) atoms. The van der Waals surface area contributed by atoms with E-state index in [4.69, 9.17) is 22.3 Å². The van der Waals surface area contributed by atoms with Crippen LogP contribution in [0.4, 0.5) is 0 Å². The summed E-state index contributed by atoms with van der Waals surface area (Å²) in [6.07, 6.45) is 0. The molecule has 7 nitrogen and oxygen atoms in total. The highest BCUT2D eigenvalue weighted by Crippen LogP contribution is 1.81. The first-order chi connectivity index (χ1) is 5.04. The van der Waals surface area contributed by atoms with E-state index >= 15 is 0 Å². The van der Waals surface area contributed by atoms with Crippen molar-refractivity contribution >= 4 is 11.9 Å². The van der Waals surface area contributed by atoms with Crippen LogP contribution in [0.5, 0.6) is 0 Å². The largest absolute Gasteiger partial charge is 0.480 e. The van der Waals surface area contributed by atoms with Crippen molar-refractivity contribution in [3.8, 4) is 0 Å². The summed E-state index contributed by atoms with van der Waals surface area (Å²) in [5.41, 5.74) is 14.8. The van der Waals surface area contributed by atoms with Gasteiger partial charge in [-0.3, -0.25) is 4.79 Å². The lowest BCUT2D eigenvalue weighted by Gasteiger charge is -2.03. The molecular weight excluding hydrogens is 152 g/mol. The molecule has 0 spiro atoms. The minimum atomic E-state index is -1.17. The van der Waals surface area contributed by atoms with Crippen molar-refractivity contribution in [2.75, 3.05) is 6.61 Å². The number of carbonyl (C=O) groups is 1. The minimum absolute atomic E-state index is 0.257. The number of nitrogens with zero attached hydrogens (tertiary/aromatic N) is 1.